The third-order valence-electron chi connectivity index (χ3n) is 7.41. The fraction of sp³-hybridized carbons (Fsp3) is 0.667. The van der Waals surface area contributed by atoms with Crippen molar-refractivity contribution in [1.29, 1.82) is 0 Å². The van der Waals surface area contributed by atoms with Crippen LogP contribution >= 0.6 is 0 Å². The predicted octanol–water partition coefficient (Wildman–Crippen LogP) is 4.15. The summed E-state index contributed by atoms with van der Waals surface area (Å²) >= 11 is 0. The fourth-order valence-electron chi connectivity index (χ4n) is 5.02. The fourth-order valence-corrected chi connectivity index (χ4v) is 5.02. The molecule has 3 aliphatic rings. The molecule has 3 rings (SSSR count). The molecule has 0 aromatic carbocycles. The average molecular weight is 460 g/mol. The Morgan fingerprint density at radius 1 is 1.24 bits per heavy atom. The van der Waals surface area contributed by atoms with Crippen molar-refractivity contribution in [1.82, 2.24) is 0 Å². The van der Waals surface area contributed by atoms with Crippen molar-refractivity contribution >= 4 is 5.97 Å². The molecule has 0 spiro atoms. The van der Waals surface area contributed by atoms with Crippen LogP contribution in [0.25, 0.3) is 0 Å². The molecule has 9 atom stereocenters. The molecule has 184 valence electrons. The van der Waals surface area contributed by atoms with Crippen molar-refractivity contribution < 1.29 is 24.5 Å². The summed E-state index contributed by atoms with van der Waals surface area (Å²) in [5, 5.41) is 19.4. The van der Waals surface area contributed by atoms with E-state index in [1.165, 1.54) is 11.1 Å². The topological polar surface area (TPSA) is 102 Å². The van der Waals surface area contributed by atoms with Crippen molar-refractivity contribution in [2.45, 2.75) is 96.4 Å². The lowest BCUT2D eigenvalue weighted by Crippen LogP contribution is -2.51. The van der Waals surface area contributed by atoms with Crippen LogP contribution in [0.3, 0.4) is 0 Å². The van der Waals surface area contributed by atoms with Crippen LogP contribution in [0.5, 0.6) is 0 Å². The second-order valence-electron chi connectivity index (χ2n) is 9.93. The number of carboxylic acid groups (broad SMARTS) is 1. The first kappa shape index (κ1) is 25.9. The van der Waals surface area contributed by atoms with Gasteiger partial charge in [-0.15, -0.1) is 0 Å². The highest BCUT2D eigenvalue weighted by Crippen LogP contribution is 2.48. The Morgan fingerprint density at radius 3 is 2.67 bits per heavy atom. The van der Waals surface area contributed by atoms with Crippen LogP contribution in [0, 0.1) is 17.8 Å². The van der Waals surface area contributed by atoms with Crippen LogP contribution in [0.4, 0.5) is 0 Å². The van der Waals surface area contributed by atoms with E-state index in [2.05, 4.69) is 58.1 Å². The van der Waals surface area contributed by atoms with Gasteiger partial charge in [-0.2, -0.15) is 0 Å². The number of aliphatic hydroxyl groups excluding tert-OH is 1. The molecule has 2 heterocycles. The number of aliphatic hydroxyl groups is 1. The van der Waals surface area contributed by atoms with E-state index in [9.17, 15) is 9.90 Å². The van der Waals surface area contributed by atoms with Gasteiger partial charge in [-0.25, -0.2) is 0 Å². The van der Waals surface area contributed by atoms with Gasteiger partial charge in [0.1, 0.15) is 6.10 Å². The van der Waals surface area contributed by atoms with Crippen LogP contribution in [0.1, 0.15) is 59.8 Å². The predicted molar refractivity (Wildman–Crippen MR) is 130 cm³/mol. The molecule has 0 radical (unpaired) electrons. The summed E-state index contributed by atoms with van der Waals surface area (Å²) in [7, 11) is 0. The summed E-state index contributed by atoms with van der Waals surface area (Å²) in [5.74, 6) is 0.494. The summed E-state index contributed by atoms with van der Waals surface area (Å²) < 4.78 is 12.0. The standard InChI is InChI=1S/C27H41NO5/c1-5-23-17(3)10-12-24(33-23)16(2)8-6-7-9-20-18(4)21(20)11-13-25-27(31)22(28)14-19(32-25)15-26(29)30/h7-11,13,18-25,27,31H,5-6,12,14-15,28H2,1-4H3,(H,29,30)/b9-7+,13-11+,16-8+/t18-,19+,20+,21+,22+,23-,24-,25+,27-/m1/s1. The van der Waals surface area contributed by atoms with E-state index in [-0.39, 0.29) is 18.6 Å². The number of hydrogen-bond acceptors (Lipinski definition) is 5. The maximum atomic E-state index is 11.0. The minimum Gasteiger partial charge on any atom is -0.481 e. The number of allylic oxidation sites excluding steroid dienone is 4. The number of hydrogen-bond donors (Lipinski definition) is 3. The molecule has 0 aromatic rings. The van der Waals surface area contributed by atoms with E-state index in [4.69, 9.17) is 20.3 Å². The van der Waals surface area contributed by atoms with E-state index in [0.29, 0.717) is 24.2 Å². The molecule has 0 bridgehead atoms. The maximum Gasteiger partial charge on any atom is 0.305 e. The Bertz CT molecular complexity index is 800. The lowest BCUT2D eigenvalue weighted by atomic mass is 9.94. The molecule has 6 nitrogen and oxygen atoms in total. The summed E-state index contributed by atoms with van der Waals surface area (Å²) in [6.45, 7) is 8.69. The smallest absolute Gasteiger partial charge is 0.305 e. The first-order valence-electron chi connectivity index (χ1n) is 12.4. The monoisotopic (exact) mass is 459 g/mol. The Morgan fingerprint density at radius 2 is 1.97 bits per heavy atom. The van der Waals surface area contributed by atoms with Gasteiger partial charge < -0.3 is 25.4 Å². The highest BCUT2D eigenvalue weighted by atomic mass is 16.5. The van der Waals surface area contributed by atoms with Gasteiger partial charge >= 0.3 is 5.97 Å². The van der Waals surface area contributed by atoms with Crippen LogP contribution < -0.4 is 5.73 Å². The summed E-state index contributed by atoms with van der Waals surface area (Å²) in [6.07, 6.45) is 14.8. The minimum absolute atomic E-state index is 0.0935. The molecule has 6 heteroatoms. The zero-order chi connectivity index (χ0) is 24.1. The molecule has 4 N–H and O–H groups in total. The number of aliphatic carboxylic acids is 1. The maximum absolute atomic E-state index is 11.0. The average Bonchev–Trinajstić information content (AvgIpc) is 3.39. The molecule has 0 unspecified atom stereocenters. The van der Waals surface area contributed by atoms with Gasteiger partial charge in [0.2, 0.25) is 0 Å². The molecule has 1 aliphatic carbocycles. The quantitative estimate of drug-likeness (QED) is 0.448. The first-order valence-corrected chi connectivity index (χ1v) is 12.4. The largest absolute Gasteiger partial charge is 0.481 e. The lowest BCUT2D eigenvalue weighted by Gasteiger charge is -2.36. The van der Waals surface area contributed by atoms with Crippen molar-refractivity contribution in [3.63, 3.8) is 0 Å². The van der Waals surface area contributed by atoms with Crippen molar-refractivity contribution in [2.24, 2.45) is 23.5 Å². The Labute approximate surface area is 198 Å². The number of ether oxygens (including phenoxy) is 2. The van der Waals surface area contributed by atoms with Gasteiger partial charge in [-0.3, -0.25) is 4.79 Å². The van der Waals surface area contributed by atoms with Gasteiger partial charge in [0.25, 0.3) is 0 Å². The van der Waals surface area contributed by atoms with Crippen molar-refractivity contribution in [3.8, 4) is 0 Å². The van der Waals surface area contributed by atoms with Gasteiger partial charge in [0.05, 0.1) is 30.8 Å². The molecule has 1 saturated carbocycles. The molecule has 2 fully saturated rings. The molecule has 33 heavy (non-hydrogen) atoms. The second kappa shape index (κ2) is 11.6. The zero-order valence-corrected chi connectivity index (χ0v) is 20.4. The number of carboxylic acids is 1. The Kier molecular flexibility index (Phi) is 9.10. The van der Waals surface area contributed by atoms with E-state index < -0.39 is 30.3 Å². The van der Waals surface area contributed by atoms with Crippen molar-refractivity contribution in [2.75, 3.05) is 0 Å². The minimum atomic E-state index is -0.913. The number of rotatable bonds is 9. The van der Waals surface area contributed by atoms with E-state index in [0.717, 1.165) is 19.3 Å². The van der Waals surface area contributed by atoms with Gasteiger partial charge in [0.15, 0.2) is 0 Å². The van der Waals surface area contributed by atoms with Crippen LogP contribution in [0.2, 0.25) is 0 Å². The number of nitrogens with two attached hydrogens (primary N) is 1. The summed E-state index contributed by atoms with van der Waals surface area (Å²) in [5.41, 5.74) is 8.64. The highest BCUT2D eigenvalue weighted by molar-refractivity contribution is 5.67. The highest BCUT2D eigenvalue weighted by Gasteiger charge is 2.43. The van der Waals surface area contributed by atoms with E-state index in [1.807, 2.05) is 6.08 Å². The molecule has 2 aliphatic heterocycles. The molecule has 0 aromatic heterocycles. The summed E-state index contributed by atoms with van der Waals surface area (Å²) in [4.78, 5) is 11.0. The second-order valence-corrected chi connectivity index (χ2v) is 9.93. The van der Waals surface area contributed by atoms with Crippen molar-refractivity contribution in [3.05, 3.63) is 47.6 Å². The first-order chi connectivity index (χ1) is 15.7. The zero-order valence-electron chi connectivity index (χ0n) is 20.4. The third-order valence-corrected chi connectivity index (χ3v) is 7.41. The van der Waals surface area contributed by atoms with Crippen LogP contribution in [0.15, 0.2) is 47.6 Å². The van der Waals surface area contributed by atoms with Crippen LogP contribution in [-0.4, -0.2) is 52.7 Å². The van der Waals surface area contributed by atoms with Gasteiger partial charge in [0, 0.05) is 6.04 Å². The van der Waals surface area contributed by atoms with Gasteiger partial charge in [-0.05, 0) is 68.4 Å². The van der Waals surface area contributed by atoms with E-state index >= 15 is 0 Å². The van der Waals surface area contributed by atoms with E-state index in [1.54, 1.807) is 0 Å². The summed E-state index contributed by atoms with van der Waals surface area (Å²) in [6, 6.07) is -0.472. The van der Waals surface area contributed by atoms with Gasteiger partial charge in [-0.1, -0.05) is 50.3 Å². The lowest BCUT2D eigenvalue weighted by molar-refractivity contribution is -0.147. The molecular weight excluding hydrogens is 418 g/mol. The Balaban J connectivity index is 1.48. The third kappa shape index (κ3) is 6.89. The normalized spacial score (nSPS) is 39.8. The number of carbonyl (C=O) groups is 1. The van der Waals surface area contributed by atoms with Crippen LogP contribution in [-0.2, 0) is 14.3 Å². The molecular formula is C27H41NO5. The molecule has 0 amide bonds. The Hall–Kier alpha value is -1.73. The SMILES string of the molecule is CC[C@H]1O[C@@H](/C(C)=C/C/C=C/[C@H]2[C@@H](C)[C@@H]2/C=C/[C@@H]2O[C@H](CC(=O)O)C[C@H](N)[C@H]2O)CC=C1C. The molecule has 1 saturated heterocycles.